The van der Waals surface area contributed by atoms with E-state index in [2.05, 4.69) is 5.32 Å². The molecule has 1 fully saturated rings. The van der Waals surface area contributed by atoms with Gasteiger partial charge in [0, 0.05) is 19.1 Å². The lowest BCUT2D eigenvalue weighted by molar-refractivity contribution is -0.384. The van der Waals surface area contributed by atoms with Crippen molar-refractivity contribution in [3.05, 3.63) is 34.4 Å². The molecule has 0 unspecified atom stereocenters. The van der Waals surface area contributed by atoms with Gasteiger partial charge < -0.3 is 40.3 Å². The molecule has 1 aliphatic heterocycles. The molecule has 0 saturated carbocycles. The van der Waals surface area contributed by atoms with Gasteiger partial charge in [-0.1, -0.05) is 0 Å². The van der Waals surface area contributed by atoms with Crippen LogP contribution >= 0.6 is 0 Å². The highest BCUT2D eigenvalue weighted by molar-refractivity contribution is 5.77. The standard InChI is InChI=1S/C17H22N2O11/c1-8(21)18-13-11(22)6-17(16(25)26,30-15(13)14(24)12(23)7-20)29-10-4-2-9(3-5-10)19(27)28/h2-5,11-15,20,22-24H,6-7H2,1H3,(H,18,21)(H,25,26)/t11-,12-,13-,14+,15+,17-/m1/s1. The van der Waals surface area contributed by atoms with Gasteiger partial charge in [-0.25, -0.2) is 4.79 Å². The van der Waals surface area contributed by atoms with Gasteiger partial charge in [0.15, 0.2) is 0 Å². The van der Waals surface area contributed by atoms with Crippen LogP contribution in [0.5, 0.6) is 5.75 Å². The number of ether oxygens (including phenoxy) is 2. The Kier molecular flexibility index (Phi) is 7.28. The summed E-state index contributed by atoms with van der Waals surface area (Å²) in [6.07, 6.45) is -7.65. The van der Waals surface area contributed by atoms with Crippen molar-refractivity contribution < 1.29 is 49.5 Å². The first-order valence-electron chi connectivity index (χ1n) is 8.77. The van der Waals surface area contributed by atoms with E-state index in [4.69, 9.17) is 14.6 Å². The number of nitrogens with one attached hydrogen (secondary N) is 1. The van der Waals surface area contributed by atoms with Crippen molar-refractivity contribution in [1.82, 2.24) is 5.32 Å². The number of non-ortho nitro benzene ring substituents is 1. The number of aliphatic hydroxyl groups excluding tert-OH is 4. The molecule has 13 heteroatoms. The number of nitro benzene ring substituents is 1. The van der Waals surface area contributed by atoms with Crippen molar-refractivity contribution in [2.75, 3.05) is 6.61 Å². The fraction of sp³-hybridized carbons (Fsp3) is 0.529. The number of carboxylic acid groups (broad SMARTS) is 1. The zero-order chi connectivity index (χ0) is 22.6. The number of hydrogen-bond acceptors (Lipinski definition) is 10. The Morgan fingerprint density at radius 1 is 1.37 bits per heavy atom. The number of aliphatic hydroxyl groups is 4. The van der Waals surface area contributed by atoms with Crippen molar-refractivity contribution in [2.24, 2.45) is 0 Å². The Hall–Kier alpha value is -2.84. The molecule has 1 heterocycles. The number of nitro groups is 1. The van der Waals surface area contributed by atoms with Crippen molar-refractivity contribution >= 4 is 17.6 Å². The smallest absolute Gasteiger partial charge is 0.377 e. The van der Waals surface area contributed by atoms with E-state index in [1.165, 1.54) is 0 Å². The molecule has 166 valence electrons. The van der Waals surface area contributed by atoms with E-state index >= 15 is 0 Å². The first-order valence-corrected chi connectivity index (χ1v) is 8.77. The highest BCUT2D eigenvalue weighted by atomic mass is 16.7. The largest absolute Gasteiger partial charge is 0.476 e. The first kappa shape index (κ1) is 23.4. The minimum atomic E-state index is -2.56. The second-order valence-corrected chi connectivity index (χ2v) is 6.73. The average Bonchev–Trinajstić information content (AvgIpc) is 2.68. The molecule has 0 aliphatic carbocycles. The fourth-order valence-corrected chi connectivity index (χ4v) is 3.06. The molecule has 0 aromatic heterocycles. The molecule has 1 aromatic carbocycles. The highest BCUT2D eigenvalue weighted by Gasteiger charge is 2.56. The van der Waals surface area contributed by atoms with E-state index in [9.17, 15) is 40.1 Å². The highest BCUT2D eigenvalue weighted by Crippen LogP contribution is 2.35. The number of rotatable bonds is 8. The van der Waals surface area contributed by atoms with E-state index in [1.807, 2.05) is 0 Å². The summed E-state index contributed by atoms with van der Waals surface area (Å²) in [4.78, 5) is 33.5. The van der Waals surface area contributed by atoms with Gasteiger partial charge in [0.25, 0.3) is 5.69 Å². The molecular weight excluding hydrogens is 408 g/mol. The number of aliphatic carboxylic acids is 1. The minimum absolute atomic E-state index is 0.149. The summed E-state index contributed by atoms with van der Waals surface area (Å²) in [7, 11) is 0. The van der Waals surface area contributed by atoms with Crippen LogP contribution in [0.3, 0.4) is 0 Å². The van der Waals surface area contributed by atoms with Crippen molar-refractivity contribution in [1.29, 1.82) is 0 Å². The lowest BCUT2D eigenvalue weighted by Gasteiger charge is -2.46. The van der Waals surface area contributed by atoms with Crippen LogP contribution < -0.4 is 10.1 Å². The molecule has 1 amide bonds. The number of amides is 1. The number of nitrogens with zero attached hydrogens (tertiary/aromatic N) is 1. The summed E-state index contributed by atoms with van der Waals surface area (Å²) >= 11 is 0. The van der Waals surface area contributed by atoms with E-state index in [0.29, 0.717) is 0 Å². The Morgan fingerprint density at radius 2 is 1.97 bits per heavy atom. The molecule has 6 atom stereocenters. The molecule has 1 aromatic rings. The zero-order valence-electron chi connectivity index (χ0n) is 15.7. The number of benzene rings is 1. The Bertz CT molecular complexity index is 786. The Balaban J connectivity index is 2.40. The van der Waals surface area contributed by atoms with Crippen LogP contribution in [0.25, 0.3) is 0 Å². The predicted molar refractivity (Wildman–Crippen MR) is 96.3 cm³/mol. The Labute approximate surface area is 169 Å². The summed E-state index contributed by atoms with van der Waals surface area (Å²) in [5.41, 5.74) is -0.276. The van der Waals surface area contributed by atoms with Gasteiger partial charge in [0.05, 0.1) is 30.1 Å². The van der Waals surface area contributed by atoms with Crippen LogP contribution in [0.4, 0.5) is 5.69 Å². The maximum atomic E-state index is 12.0. The minimum Gasteiger partial charge on any atom is -0.476 e. The lowest BCUT2D eigenvalue weighted by Crippen LogP contribution is -2.68. The van der Waals surface area contributed by atoms with Crippen LogP contribution in [0, 0.1) is 10.1 Å². The van der Waals surface area contributed by atoms with Crippen molar-refractivity contribution in [3.63, 3.8) is 0 Å². The molecule has 1 saturated heterocycles. The summed E-state index contributed by atoms with van der Waals surface area (Å²) in [6.45, 7) is 0.207. The van der Waals surface area contributed by atoms with Crippen LogP contribution in [-0.2, 0) is 14.3 Å². The third-order valence-corrected chi connectivity index (χ3v) is 4.52. The van der Waals surface area contributed by atoms with Gasteiger partial charge in [-0.15, -0.1) is 0 Å². The third-order valence-electron chi connectivity index (χ3n) is 4.52. The maximum absolute atomic E-state index is 12.0. The van der Waals surface area contributed by atoms with Gasteiger partial charge in [-0.2, -0.15) is 0 Å². The molecule has 0 bridgehead atoms. The molecule has 30 heavy (non-hydrogen) atoms. The zero-order valence-corrected chi connectivity index (χ0v) is 15.7. The quantitative estimate of drug-likeness (QED) is 0.199. The molecule has 6 N–H and O–H groups in total. The monoisotopic (exact) mass is 430 g/mol. The number of carbonyl (C=O) groups excluding carboxylic acids is 1. The third kappa shape index (κ3) is 5.01. The van der Waals surface area contributed by atoms with E-state index in [1.54, 1.807) is 0 Å². The lowest BCUT2D eigenvalue weighted by atomic mass is 9.88. The summed E-state index contributed by atoms with van der Waals surface area (Å²) in [6, 6.07) is 3.03. The topological polar surface area (TPSA) is 209 Å². The molecule has 13 nitrogen and oxygen atoms in total. The van der Waals surface area contributed by atoms with Crippen LogP contribution in [0.1, 0.15) is 13.3 Å². The van der Waals surface area contributed by atoms with E-state index in [-0.39, 0.29) is 11.4 Å². The van der Waals surface area contributed by atoms with Gasteiger partial charge in [0.1, 0.15) is 24.1 Å². The molecule has 0 spiro atoms. The average molecular weight is 430 g/mol. The maximum Gasteiger partial charge on any atom is 0.377 e. The number of carbonyl (C=O) groups is 2. The number of hydrogen-bond donors (Lipinski definition) is 6. The van der Waals surface area contributed by atoms with Gasteiger partial charge in [-0.05, 0) is 12.1 Å². The van der Waals surface area contributed by atoms with Crippen LogP contribution in [0.2, 0.25) is 0 Å². The van der Waals surface area contributed by atoms with Crippen molar-refractivity contribution in [2.45, 2.75) is 49.6 Å². The van der Waals surface area contributed by atoms with E-state index in [0.717, 1.165) is 31.2 Å². The SMILES string of the molecule is CC(=O)N[C@H]1[C@@H]([C@@H](O)[C@H](O)CO)O[C@@](Oc2ccc([N+](=O)[O-])cc2)(C(=O)O)C[C@H]1O. The predicted octanol–water partition coefficient (Wildman–Crippen LogP) is -1.88. The molecule has 2 rings (SSSR count). The molecular formula is C17H22N2O11. The summed E-state index contributed by atoms with van der Waals surface area (Å²) < 4.78 is 10.8. The fourth-order valence-electron chi connectivity index (χ4n) is 3.06. The van der Waals surface area contributed by atoms with Crippen LogP contribution in [0.15, 0.2) is 24.3 Å². The number of carboxylic acids is 1. The second kappa shape index (κ2) is 9.32. The van der Waals surface area contributed by atoms with Gasteiger partial charge >= 0.3 is 11.8 Å². The summed E-state index contributed by atoms with van der Waals surface area (Å²) in [5, 5.41) is 62.5. The molecule has 0 radical (unpaired) electrons. The molecule has 1 aliphatic rings. The van der Waals surface area contributed by atoms with Crippen molar-refractivity contribution in [3.8, 4) is 5.75 Å². The van der Waals surface area contributed by atoms with Crippen LogP contribution in [-0.4, -0.2) is 85.2 Å². The van der Waals surface area contributed by atoms with E-state index < -0.39 is 66.1 Å². The Morgan fingerprint density at radius 3 is 2.43 bits per heavy atom. The van der Waals surface area contributed by atoms with Gasteiger partial charge in [0.2, 0.25) is 5.91 Å². The summed E-state index contributed by atoms with van der Waals surface area (Å²) in [5.74, 6) is -5.04. The second-order valence-electron chi connectivity index (χ2n) is 6.73. The first-order chi connectivity index (χ1) is 14.0. The normalized spacial score (nSPS) is 28.2. The van der Waals surface area contributed by atoms with Gasteiger partial charge in [-0.3, -0.25) is 14.9 Å².